The molecule has 0 aliphatic rings. The van der Waals surface area contributed by atoms with Gasteiger partial charge in [-0.1, -0.05) is 12.1 Å². The summed E-state index contributed by atoms with van der Waals surface area (Å²) in [4.78, 5) is 18.5. The van der Waals surface area contributed by atoms with Gasteiger partial charge in [-0.3, -0.25) is 9.20 Å². The monoisotopic (exact) mass is 431 g/mol. The first kappa shape index (κ1) is 19.2. The number of carbonyl (C=O) groups excluding carboxylic acids is 1. The highest BCUT2D eigenvalue weighted by Gasteiger charge is 2.19. The van der Waals surface area contributed by atoms with Crippen LogP contribution in [0.4, 0.5) is 10.1 Å². The molecule has 0 spiro atoms. The summed E-state index contributed by atoms with van der Waals surface area (Å²) in [5.41, 5.74) is 5.05. The Morgan fingerprint density at radius 1 is 1.06 bits per heavy atom. The summed E-state index contributed by atoms with van der Waals surface area (Å²) in [5, 5.41) is 9.40. The highest BCUT2D eigenvalue weighted by Crippen LogP contribution is 2.24. The molecule has 1 amide bonds. The molecule has 3 heterocycles. The van der Waals surface area contributed by atoms with Crippen LogP contribution in [0, 0.1) is 19.7 Å². The van der Waals surface area contributed by atoms with Crippen LogP contribution in [0.1, 0.15) is 21.7 Å². The second kappa shape index (κ2) is 7.48. The first-order valence-corrected chi connectivity index (χ1v) is 10.5. The quantitative estimate of drug-likeness (QED) is 0.422. The molecule has 0 bridgehead atoms. The highest BCUT2D eigenvalue weighted by atomic mass is 32.1. The summed E-state index contributed by atoms with van der Waals surface area (Å²) in [6.07, 6.45) is 3.96. The van der Waals surface area contributed by atoms with Crippen LogP contribution >= 0.6 is 11.3 Å². The van der Waals surface area contributed by atoms with Crippen LogP contribution in [0.5, 0.6) is 0 Å². The number of hydrogen-bond donors (Lipinski definition) is 1. The van der Waals surface area contributed by atoms with Crippen molar-refractivity contribution in [2.45, 2.75) is 13.8 Å². The van der Waals surface area contributed by atoms with E-state index in [0.29, 0.717) is 28.3 Å². The lowest BCUT2D eigenvalue weighted by Crippen LogP contribution is -2.14. The Labute approximate surface area is 181 Å². The number of halogens is 1. The first-order chi connectivity index (χ1) is 15.0. The smallest absolute Gasteiger partial charge is 0.259 e. The van der Waals surface area contributed by atoms with Gasteiger partial charge in [0.25, 0.3) is 5.91 Å². The Morgan fingerprint density at radius 3 is 2.52 bits per heavy atom. The van der Waals surface area contributed by atoms with E-state index in [1.54, 1.807) is 35.1 Å². The Morgan fingerprint density at radius 2 is 1.81 bits per heavy atom. The molecule has 0 radical (unpaired) electrons. The molecule has 0 fully saturated rings. The van der Waals surface area contributed by atoms with Gasteiger partial charge in [-0.2, -0.15) is 5.10 Å². The van der Waals surface area contributed by atoms with E-state index in [4.69, 9.17) is 0 Å². The summed E-state index contributed by atoms with van der Waals surface area (Å²) in [6.45, 7) is 3.61. The SMILES string of the molecule is Cc1nn(-c2ccc(F)cc2)c(C)c1C(=O)Nc1ccc(-c2cn3ccsc3n2)cc1. The van der Waals surface area contributed by atoms with Gasteiger partial charge in [0.05, 0.1) is 28.3 Å². The molecule has 0 saturated heterocycles. The van der Waals surface area contributed by atoms with Gasteiger partial charge in [0.15, 0.2) is 4.96 Å². The van der Waals surface area contributed by atoms with Crippen LogP contribution in [0.25, 0.3) is 21.9 Å². The van der Waals surface area contributed by atoms with Crippen molar-refractivity contribution in [1.29, 1.82) is 0 Å². The number of aromatic nitrogens is 4. The van der Waals surface area contributed by atoms with E-state index >= 15 is 0 Å². The van der Waals surface area contributed by atoms with Gasteiger partial charge in [0.2, 0.25) is 0 Å². The molecule has 154 valence electrons. The number of rotatable bonds is 4. The maximum atomic E-state index is 13.2. The zero-order valence-electron chi connectivity index (χ0n) is 16.8. The highest BCUT2D eigenvalue weighted by molar-refractivity contribution is 7.15. The topological polar surface area (TPSA) is 64.2 Å². The molecular weight excluding hydrogens is 413 g/mol. The molecule has 1 N–H and O–H groups in total. The van der Waals surface area contributed by atoms with Crippen LogP contribution in [-0.2, 0) is 0 Å². The lowest BCUT2D eigenvalue weighted by molar-refractivity contribution is 0.102. The summed E-state index contributed by atoms with van der Waals surface area (Å²) >= 11 is 1.58. The Balaban J connectivity index is 1.37. The van der Waals surface area contributed by atoms with Crippen LogP contribution in [0.15, 0.2) is 66.3 Å². The van der Waals surface area contributed by atoms with Crippen molar-refractivity contribution in [3.8, 4) is 16.9 Å². The van der Waals surface area contributed by atoms with E-state index in [-0.39, 0.29) is 11.7 Å². The standard InChI is InChI=1S/C23H18FN5OS/c1-14-21(15(2)29(27-14)19-9-5-17(24)6-10-19)22(30)25-18-7-3-16(4-8-18)20-13-28-11-12-31-23(28)26-20/h3-13H,1-2H3,(H,25,30). The van der Waals surface area contributed by atoms with E-state index in [9.17, 15) is 9.18 Å². The van der Waals surface area contributed by atoms with Crippen LogP contribution < -0.4 is 5.32 Å². The predicted molar refractivity (Wildman–Crippen MR) is 119 cm³/mol. The summed E-state index contributed by atoms with van der Waals surface area (Å²) < 4.78 is 16.9. The van der Waals surface area contributed by atoms with Gasteiger partial charge in [-0.15, -0.1) is 11.3 Å². The van der Waals surface area contributed by atoms with Gasteiger partial charge in [0, 0.05) is 29.0 Å². The van der Waals surface area contributed by atoms with E-state index < -0.39 is 0 Å². The van der Waals surface area contributed by atoms with E-state index in [1.807, 2.05) is 53.4 Å². The molecule has 3 aromatic heterocycles. The molecule has 5 aromatic rings. The van der Waals surface area contributed by atoms with Gasteiger partial charge in [-0.25, -0.2) is 14.1 Å². The van der Waals surface area contributed by atoms with Crippen molar-refractivity contribution in [3.63, 3.8) is 0 Å². The fourth-order valence-corrected chi connectivity index (χ4v) is 4.29. The van der Waals surface area contributed by atoms with E-state index in [1.165, 1.54) is 12.1 Å². The maximum Gasteiger partial charge on any atom is 0.259 e. The number of carbonyl (C=O) groups is 1. The van der Waals surface area contributed by atoms with E-state index in [0.717, 1.165) is 16.2 Å². The summed E-state index contributed by atoms with van der Waals surface area (Å²) in [6, 6.07) is 13.6. The van der Waals surface area contributed by atoms with Gasteiger partial charge in [-0.05, 0) is 50.2 Å². The third kappa shape index (κ3) is 3.51. The lowest BCUT2D eigenvalue weighted by Gasteiger charge is -2.07. The molecule has 0 saturated carbocycles. The largest absolute Gasteiger partial charge is 0.322 e. The average molecular weight is 431 g/mol. The molecule has 0 unspecified atom stereocenters. The van der Waals surface area contributed by atoms with Crippen molar-refractivity contribution in [3.05, 3.63) is 89.1 Å². The number of hydrogen-bond acceptors (Lipinski definition) is 4. The minimum atomic E-state index is -0.318. The zero-order chi connectivity index (χ0) is 21.5. The van der Waals surface area contributed by atoms with Crippen LogP contribution in [-0.4, -0.2) is 25.1 Å². The normalized spacial score (nSPS) is 11.2. The Bertz CT molecular complexity index is 1370. The molecule has 8 heteroatoms. The fraction of sp³-hybridized carbons (Fsp3) is 0.0870. The number of nitrogens with one attached hydrogen (secondary N) is 1. The zero-order valence-corrected chi connectivity index (χ0v) is 17.7. The number of aryl methyl sites for hydroxylation is 1. The minimum absolute atomic E-state index is 0.237. The predicted octanol–water partition coefficient (Wildman–Crippen LogP) is 5.26. The molecular formula is C23H18FN5OS. The second-order valence-electron chi connectivity index (χ2n) is 7.18. The number of nitrogens with zero attached hydrogens (tertiary/aromatic N) is 4. The Hall–Kier alpha value is -3.78. The number of amides is 1. The number of fused-ring (bicyclic) bond motifs is 1. The molecule has 6 nitrogen and oxygen atoms in total. The molecule has 2 aromatic carbocycles. The van der Waals surface area contributed by atoms with Crippen molar-refractivity contribution in [2.75, 3.05) is 5.32 Å². The van der Waals surface area contributed by atoms with Gasteiger partial charge in [0.1, 0.15) is 5.82 Å². The molecule has 0 aliphatic heterocycles. The van der Waals surface area contributed by atoms with Crippen molar-refractivity contribution < 1.29 is 9.18 Å². The summed E-state index contributed by atoms with van der Waals surface area (Å²) in [7, 11) is 0. The van der Waals surface area contributed by atoms with Crippen molar-refractivity contribution in [2.24, 2.45) is 0 Å². The first-order valence-electron chi connectivity index (χ1n) is 9.66. The van der Waals surface area contributed by atoms with Crippen LogP contribution in [0.3, 0.4) is 0 Å². The van der Waals surface area contributed by atoms with Crippen molar-refractivity contribution in [1.82, 2.24) is 19.2 Å². The molecule has 0 atom stereocenters. The fourth-order valence-electron chi connectivity index (χ4n) is 3.59. The third-order valence-electron chi connectivity index (χ3n) is 5.12. The number of imidazole rings is 1. The lowest BCUT2D eigenvalue weighted by atomic mass is 10.1. The van der Waals surface area contributed by atoms with Crippen LogP contribution in [0.2, 0.25) is 0 Å². The average Bonchev–Trinajstić information content (AvgIpc) is 3.43. The molecule has 0 aliphatic carbocycles. The van der Waals surface area contributed by atoms with Crippen molar-refractivity contribution >= 4 is 27.9 Å². The molecule has 31 heavy (non-hydrogen) atoms. The number of benzene rings is 2. The number of anilines is 1. The molecule has 5 rings (SSSR count). The van der Waals surface area contributed by atoms with E-state index in [2.05, 4.69) is 15.4 Å². The third-order valence-corrected chi connectivity index (χ3v) is 5.89. The minimum Gasteiger partial charge on any atom is -0.322 e. The van der Waals surface area contributed by atoms with Gasteiger partial charge >= 0.3 is 0 Å². The van der Waals surface area contributed by atoms with Gasteiger partial charge < -0.3 is 5.32 Å². The summed E-state index contributed by atoms with van der Waals surface area (Å²) in [5.74, 6) is -0.555. The Kier molecular flexibility index (Phi) is 4.63. The number of thiazole rings is 1. The maximum absolute atomic E-state index is 13.2. The second-order valence-corrected chi connectivity index (χ2v) is 8.06.